The van der Waals surface area contributed by atoms with Gasteiger partial charge in [-0.25, -0.2) is 0 Å². The molecule has 4 heteroatoms. The fourth-order valence-electron chi connectivity index (χ4n) is 3.04. The summed E-state index contributed by atoms with van der Waals surface area (Å²) in [7, 11) is 0.958. The highest BCUT2D eigenvalue weighted by molar-refractivity contribution is 14.1. The van der Waals surface area contributed by atoms with Crippen LogP contribution < -0.4 is 4.74 Å². The molecule has 0 fully saturated rings. The van der Waals surface area contributed by atoms with Crippen molar-refractivity contribution in [2.75, 3.05) is 6.61 Å². The maximum Gasteiger partial charge on any atom is 0.130 e. The average molecular weight is 480 g/mol. The molecule has 0 aliphatic heterocycles. The fraction of sp³-hybridized carbons (Fsp3) is 0.455. The summed E-state index contributed by atoms with van der Waals surface area (Å²) in [6.45, 7) is 3.03. The van der Waals surface area contributed by atoms with Crippen LogP contribution in [0.2, 0.25) is 6.04 Å². The van der Waals surface area contributed by atoms with E-state index < -0.39 is 0 Å². The molecule has 0 aromatic heterocycles. The number of aryl methyl sites for hydroxylation is 1. The van der Waals surface area contributed by atoms with Gasteiger partial charge >= 0.3 is 0 Å². The number of phenolic OH excluding ortho intramolecular Hbond substituents is 1. The summed E-state index contributed by atoms with van der Waals surface area (Å²) in [6, 6.07) is 15.3. The number of unbranched alkanes of at least 4 members (excludes halogenated alkanes) is 4. The molecule has 2 aromatic carbocycles. The van der Waals surface area contributed by atoms with Gasteiger partial charge in [0, 0.05) is 0 Å². The van der Waals surface area contributed by atoms with Gasteiger partial charge in [-0.2, -0.15) is 0 Å². The minimum absolute atomic E-state index is 0.351. The summed E-state index contributed by atoms with van der Waals surface area (Å²) in [5.74, 6) is 1.29. The fourth-order valence-corrected chi connectivity index (χ4v) is 4.50. The highest BCUT2D eigenvalue weighted by Crippen LogP contribution is 2.29. The first kappa shape index (κ1) is 21.3. The number of hydrogen-bond donors (Lipinski definition) is 1. The lowest BCUT2D eigenvalue weighted by molar-refractivity contribution is 0.304. The van der Waals surface area contributed by atoms with Crippen LogP contribution in [0, 0.1) is 0 Å². The van der Waals surface area contributed by atoms with E-state index in [4.69, 9.17) is 4.74 Å². The number of rotatable bonds is 12. The highest BCUT2D eigenvalue weighted by Gasteiger charge is 2.07. The number of ether oxygens (including phenoxy) is 1. The molecular weight excluding hydrogens is 451 g/mol. The Balaban J connectivity index is 1.95. The molecule has 2 nitrogen and oxygen atoms in total. The predicted molar refractivity (Wildman–Crippen MR) is 121 cm³/mol. The Labute approximate surface area is 173 Å². The molecule has 0 amide bonds. The van der Waals surface area contributed by atoms with Crippen LogP contribution in [-0.4, -0.2) is 18.7 Å². The van der Waals surface area contributed by atoms with Gasteiger partial charge in [0.15, 0.2) is 0 Å². The Morgan fingerprint density at radius 3 is 2.46 bits per heavy atom. The maximum absolute atomic E-state index is 9.84. The van der Waals surface area contributed by atoms with E-state index in [1.54, 1.807) is 6.07 Å². The molecule has 26 heavy (non-hydrogen) atoms. The average Bonchev–Trinajstić information content (AvgIpc) is 2.66. The van der Waals surface area contributed by atoms with Gasteiger partial charge < -0.3 is 9.84 Å². The molecule has 2 radical (unpaired) electrons. The second-order valence-electron chi connectivity index (χ2n) is 6.62. The topological polar surface area (TPSA) is 29.5 Å². The largest absolute Gasteiger partial charge is 0.508 e. The van der Waals surface area contributed by atoms with Gasteiger partial charge in [0.2, 0.25) is 0 Å². The van der Waals surface area contributed by atoms with Crippen molar-refractivity contribution >= 4 is 28.8 Å². The SMILES string of the molecule is CCCCCCCOc1ccc(-c2ccc(O)cc2CCC[Si]I)cc1. The van der Waals surface area contributed by atoms with Crippen LogP contribution in [-0.2, 0) is 6.42 Å². The van der Waals surface area contributed by atoms with E-state index in [1.807, 2.05) is 12.1 Å². The Morgan fingerprint density at radius 2 is 1.73 bits per heavy atom. The quantitative estimate of drug-likeness (QED) is 0.156. The van der Waals surface area contributed by atoms with Gasteiger partial charge in [-0.3, -0.25) is 0 Å². The van der Waals surface area contributed by atoms with Crippen LogP contribution in [0.15, 0.2) is 42.5 Å². The van der Waals surface area contributed by atoms with Crippen molar-refractivity contribution in [2.45, 2.75) is 57.9 Å². The number of halogens is 1. The molecule has 0 bridgehead atoms. The zero-order valence-corrected chi connectivity index (χ0v) is 18.8. The van der Waals surface area contributed by atoms with Gasteiger partial charge in [0.1, 0.15) is 18.5 Å². The lowest BCUT2D eigenvalue weighted by Crippen LogP contribution is -1.97. The van der Waals surface area contributed by atoms with Crippen LogP contribution in [0.5, 0.6) is 11.5 Å². The minimum atomic E-state index is 0.351. The van der Waals surface area contributed by atoms with Crippen molar-refractivity contribution in [1.29, 1.82) is 0 Å². The molecule has 0 atom stereocenters. The number of phenols is 1. The normalized spacial score (nSPS) is 10.8. The Hall–Kier alpha value is -1.01. The van der Waals surface area contributed by atoms with E-state index >= 15 is 0 Å². The first-order valence-corrected chi connectivity index (χ1v) is 14.0. The molecule has 0 spiro atoms. The summed E-state index contributed by atoms with van der Waals surface area (Å²) in [6.07, 6.45) is 8.46. The molecule has 0 unspecified atom stereocenters. The smallest absolute Gasteiger partial charge is 0.130 e. The molecule has 140 valence electrons. The zero-order chi connectivity index (χ0) is 18.6. The number of benzene rings is 2. The van der Waals surface area contributed by atoms with E-state index in [0.29, 0.717) is 5.75 Å². The molecule has 0 saturated heterocycles. The Kier molecular flexibility index (Phi) is 10.1. The summed E-state index contributed by atoms with van der Waals surface area (Å²) in [5, 5.41) is 9.84. The highest BCUT2D eigenvalue weighted by atomic mass is 127. The number of hydrogen-bond acceptors (Lipinski definition) is 2. The van der Waals surface area contributed by atoms with Crippen molar-refractivity contribution < 1.29 is 9.84 Å². The predicted octanol–water partition coefficient (Wildman–Crippen LogP) is 6.81. The van der Waals surface area contributed by atoms with E-state index in [-0.39, 0.29) is 0 Å². The molecule has 0 aliphatic rings. The van der Waals surface area contributed by atoms with Gasteiger partial charge in [-0.1, -0.05) is 63.3 Å². The van der Waals surface area contributed by atoms with Crippen LogP contribution >= 0.6 is 21.8 Å². The minimum Gasteiger partial charge on any atom is -0.508 e. The first-order chi connectivity index (χ1) is 12.7. The third kappa shape index (κ3) is 7.31. The van der Waals surface area contributed by atoms with Gasteiger partial charge in [0.05, 0.1) is 6.61 Å². The van der Waals surface area contributed by atoms with Crippen LogP contribution in [0.4, 0.5) is 0 Å². The lowest BCUT2D eigenvalue weighted by atomic mass is 9.96. The van der Waals surface area contributed by atoms with Gasteiger partial charge in [0.25, 0.3) is 0 Å². The van der Waals surface area contributed by atoms with Gasteiger partial charge in [-0.15, -0.1) is 21.8 Å². The van der Waals surface area contributed by atoms with Crippen molar-refractivity contribution in [3.8, 4) is 22.6 Å². The molecule has 0 aliphatic carbocycles. The second-order valence-corrected chi connectivity index (χ2v) is 9.67. The molecule has 0 heterocycles. The Morgan fingerprint density at radius 1 is 0.962 bits per heavy atom. The summed E-state index contributed by atoms with van der Waals surface area (Å²) in [4.78, 5) is 0. The summed E-state index contributed by atoms with van der Waals surface area (Å²) >= 11 is 2.45. The van der Waals surface area contributed by atoms with Crippen molar-refractivity contribution in [2.24, 2.45) is 0 Å². The van der Waals surface area contributed by atoms with Gasteiger partial charge in [-0.05, 0) is 53.8 Å². The molecule has 2 rings (SSSR count). The molecule has 1 N–H and O–H groups in total. The van der Waals surface area contributed by atoms with E-state index in [0.717, 1.165) is 38.6 Å². The second kappa shape index (κ2) is 12.4. The zero-order valence-electron chi connectivity index (χ0n) is 15.6. The van der Waals surface area contributed by atoms with E-state index in [2.05, 4.69) is 53.0 Å². The Bertz CT molecular complexity index is 643. The van der Waals surface area contributed by atoms with Crippen molar-refractivity contribution in [3.63, 3.8) is 0 Å². The summed E-state index contributed by atoms with van der Waals surface area (Å²) < 4.78 is 5.87. The first-order valence-electron chi connectivity index (χ1n) is 9.63. The lowest BCUT2D eigenvalue weighted by Gasteiger charge is -2.12. The monoisotopic (exact) mass is 480 g/mol. The molecule has 2 aromatic rings. The van der Waals surface area contributed by atoms with Crippen LogP contribution in [0.25, 0.3) is 11.1 Å². The molecule has 0 saturated carbocycles. The third-order valence-corrected chi connectivity index (χ3v) is 6.65. The van der Waals surface area contributed by atoms with Crippen LogP contribution in [0.3, 0.4) is 0 Å². The number of aromatic hydroxyl groups is 1. The maximum atomic E-state index is 9.84. The van der Waals surface area contributed by atoms with Crippen molar-refractivity contribution in [3.05, 3.63) is 48.0 Å². The van der Waals surface area contributed by atoms with E-state index in [9.17, 15) is 5.11 Å². The third-order valence-electron chi connectivity index (χ3n) is 4.49. The van der Waals surface area contributed by atoms with Crippen LogP contribution in [0.1, 0.15) is 51.0 Å². The standard InChI is InChI=1S/C22H29IO2Si/c1-2-3-4-5-6-15-25-21-12-9-18(10-13-21)22-14-11-20(24)17-19(22)8-7-16-26-23/h9-14,17,24H,2-8,15-16H2,1H3. The van der Waals surface area contributed by atoms with E-state index in [1.165, 1.54) is 48.4 Å². The molecular formula is C22H29IO2Si. The summed E-state index contributed by atoms with van der Waals surface area (Å²) in [5.41, 5.74) is 3.63. The van der Waals surface area contributed by atoms with Crippen molar-refractivity contribution in [1.82, 2.24) is 0 Å².